The molecule has 0 radical (unpaired) electrons. The Morgan fingerprint density at radius 3 is 2.77 bits per heavy atom. The number of nitrogens with zero attached hydrogens (tertiary/aromatic N) is 3. The van der Waals surface area contributed by atoms with Gasteiger partial charge < -0.3 is 4.74 Å². The van der Waals surface area contributed by atoms with Crippen LogP contribution in [0.1, 0.15) is 36.8 Å². The van der Waals surface area contributed by atoms with Crippen molar-refractivity contribution in [3.8, 4) is 0 Å². The number of sulfonamides is 1. The number of hydrogen-bond acceptors (Lipinski definition) is 7. The highest BCUT2D eigenvalue weighted by Gasteiger charge is 2.37. The summed E-state index contributed by atoms with van der Waals surface area (Å²) >= 11 is 8.55. The summed E-state index contributed by atoms with van der Waals surface area (Å²) in [6, 6.07) is 7.28. The van der Waals surface area contributed by atoms with Gasteiger partial charge in [0.05, 0.1) is 33.1 Å². The minimum Gasteiger partial charge on any atom is -0.376 e. The van der Waals surface area contributed by atoms with E-state index in [0.29, 0.717) is 42.0 Å². The number of aromatic nitrogens is 1. The van der Waals surface area contributed by atoms with E-state index in [1.54, 1.807) is 11.0 Å². The van der Waals surface area contributed by atoms with E-state index in [-0.39, 0.29) is 22.8 Å². The largest absolute Gasteiger partial charge is 0.376 e. The third kappa shape index (κ3) is 5.14. The molecule has 188 valence electrons. The molecule has 5 rings (SSSR count). The molecule has 35 heavy (non-hydrogen) atoms. The van der Waals surface area contributed by atoms with Gasteiger partial charge in [-0.15, -0.1) is 11.3 Å². The maximum atomic E-state index is 13.9. The molecule has 2 unspecified atom stereocenters. The molecular formula is C24H28ClN3O4S3. The van der Waals surface area contributed by atoms with Crippen molar-refractivity contribution < 1.29 is 17.9 Å². The molecule has 2 atom stereocenters. The van der Waals surface area contributed by atoms with Gasteiger partial charge in [-0.1, -0.05) is 29.0 Å². The van der Waals surface area contributed by atoms with Gasteiger partial charge in [0.25, 0.3) is 10.0 Å². The van der Waals surface area contributed by atoms with Gasteiger partial charge in [0.2, 0.25) is 5.91 Å². The number of aryl methyl sites for hydroxylation is 2. The summed E-state index contributed by atoms with van der Waals surface area (Å²) in [6.45, 7) is 5.78. The van der Waals surface area contributed by atoms with Crippen LogP contribution in [0.2, 0.25) is 4.34 Å². The van der Waals surface area contributed by atoms with Gasteiger partial charge >= 0.3 is 0 Å². The average Bonchev–Trinajstić information content (AvgIpc) is 3.58. The van der Waals surface area contributed by atoms with Crippen molar-refractivity contribution in [3.63, 3.8) is 0 Å². The Morgan fingerprint density at radius 1 is 1.23 bits per heavy atom. The van der Waals surface area contributed by atoms with Crippen LogP contribution in [0.4, 0.5) is 5.13 Å². The van der Waals surface area contributed by atoms with E-state index in [1.165, 1.54) is 21.7 Å². The number of ether oxygens (including phenoxy) is 1. The smallest absolute Gasteiger partial charge is 0.252 e. The predicted octanol–water partition coefficient (Wildman–Crippen LogP) is 5.24. The van der Waals surface area contributed by atoms with Crippen LogP contribution >= 0.6 is 34.3 Å². The molecule has 2 saturated heterocycles. The highest BCUT2D eigenvalue weighted by molar-refractivity contribution is 7.91. The second-order valence-electron chi connectivity index (χ2n) is 9.27. The normalized spacial score (nSPS) is 21.6. The number of piperidine rings is 1. The van der Waals surface area contributed by atoms with Crippen LogP contribution in [-0.2, 0) is 19.6 Å². The SMILES string of the molecule is Cc1cc(C)c2sc(N(CC3CCCO3)C(=O)C3CCCN(S(=O)(=O)c4ccc(Cl)s4)C3)nc2c1. The number of amides is 1. The van der Waals surface area contributed by atoms with Crippen LogP contribution < -0.4 is 4.90 Å². The Balaban J connectivity index is 1.43. The molecule has 4 heterocycles. The van der Waals surface area contributed by atoms with Crippen LogP contribution in [0.3, 0.4) is 0 Å². The molecular weight excluding hydrogens is 526 g/mol. The Labute approximate surface area is 218 Å². The minimum absolute atomic E-state index is 0.0366. The van der Waals surface area contributed by atoms with Gasteiger partial charge in [-0.2, -0.15) is 4.31 Å². The summed E-state index contributed by atoms with van der Waals surface area (Å²) < 4.78 is 35.4. The summed E-state index contributed by atoms with van der Waals surface area (Å²) in [5.41, 5.74) is 3.15. The minimum atomic E-state index is -3.69. The fourth-order valence-corrected chi connectivity index (χ4v) is 9.07. The van der Waals surface area contributed by atoms with Gasteiger partial charge in [-0.3, -0.25) is 9.69 Å². The van der Waals surface area contributed by atoms with Crippen LogP contribution in [-0.4, -0.2) is 56.0 Å². The second-order valence-corrected chi connectivity index (χ2v) is 14.1. The van der Waals surface area contributed by atoms with Crippen molar-refractivity contribution in [1.29, 1.82) is 0 Å². The first-order valence-corrected chi connectivity index (χ1v) is 15.2. The number of hydrogen-bond donors (Lipinski definition) is 0. The number of benzene rings is 1. The first-order valence-electron chi connectivity index (χ1n) is 11.8. The Kier molecular flexibility index (Phi) is 7.22. The van der Waals surface area contributed by atoms with Crippen molar-refractivity contribution in [2.24, 2.45) is 5.92 Å². The maximum Gasteiger partial charge on any atom is 0.252 e. The molecule has 2 aromatic heterocycles. The average molecular weight is 554 g/mol. The second kappa shape index (κ2) is 10.1. The Hall–Kier alpha value is -1.56. The lowest BCUT2D eigenvalue weighted by molar-refractivity contribution is -0.123. The summed E-state index contributed by atoms with van der Waals surface area (Å²) in [5, 5.41) is 0.652. The van der Waals surface area contributed by atoms with Crippen molar-refractivity contribution in [1.82, 2.24) is 9.29 Å². The number of carbonyl (C=O) groups is 1. The fraction of sp³-hybridized carbons (Fsp3) is 0.500. The molecule has 0 aliphatic carbocycles. The van der Waals surface area contributed by atoms with E-state index in [4.69, 9.17) is 21.3 Å². The number of halogens is 1. The molecule has 11 heteroatoms. The zero-order chi connectivity index (χ0) is 24.7. The summed E-state index contributed by atoms with van der Waals surface area (Å²) in [7, 11) is -3.69. The number of anilines is 1. The van der Waals surface area contributed by atoms with Crippen LogP contribution in [0.25, 0.3) is 10.2 Å². The van der Waals surface area contributed by atoms with Crippen molar-refractivity contribution >= 4 is 65.6 Å². The summed E-state index contributed by atoms with van der Waals surface area (Å²) in [4.78, 5) is 20.5. The molecule has 1 amide bonds. The van der Waals surface area contributed by atoms with E-state index in [1.807, 2.05) is 13.0 Å². The monoisotopic (exact) mass is 553 g/mol. The first-order chi connectivity index (χ1) is 16.7. The molecule has 2 aliphatic rings. The quantitative estimate of drug-likeness (QED) is 0.417. The number of fused-ring (bicyclic) bond motifs is 1. The zero-order valence-electron chi connectivity index (χ0n) is 19.7. The molecule has 0 N–H and O–H groups in total. The van der Waals surface area contributed by atoms with Crippen LogP contribution in [0.15, 0.2) is 28.5 Å². The van der Waals surface area contributed by atoms with Gasteiger partial charge in [-0.25, -0.2) is 13.4 Å². The molecule has 0 bridgehead atoms. The lowest BCUT2D eigenvalue weighted by atomic mass is 9.98. The van der Waals surface area contributed by atoms with Gasteiger partial charge in [0.15, 0.2) is 5.13 Å². The summed E-state index contributed by atoms with van der Waals surface area (Å²) in [6.07, 6.45) is 3.10. The predicted molar refractivity (Wildman–Crippen MR) is 141 cm³/mol. The lowest BCUT2D eigenvalue weighted by Crippen LogP contribution is -2.48. The fourth-order valence-electron chi connectivity index (χ4n) is 4.88. The number of rotatable bonds is 6. The van der Waals surface area contributed by atoms with E-state index < -0.39 is 15.9 Å². The van der Waals surface area contributed by atoms with Gasteiger partial charge in [-0.05, 0) is 68.9 Å². The molecule has 2 aliphatic heterocycles. The molecule has 0 saturated carbocycles. The number of thiazole rings is 1. The standard InChI is InChI=1S/C24H28ClN3O4S3/c1-15-11-16(2)22-19(12-15)26-24(34-22)28(14-18-6-4-10-32-18)23(29)17-5-3-9-27(13-17)35(30,31)21-8-7-20(25)33-21/h7-8,11-12,17-18H,3-6,9-10,13-14H2,1-2H3. The van der Waals surface area contributed by atoms with E-state index in [9.17, 15) is 13.2 Å². The van der Waals surface area contributed by atoms with Gasteiger partial charge in [0.1, 0.15) is 4.21 Å². The third-order valence-corrected chi connectivity index (χ3v) is 11.4. The van der Waals surface area contributed by atoms with E-state index >= 15 is 0 Å². The van der Waals surface area contributed by atoms with Crippen molar-refractivity contribution in [2.45, 2.75) is 49.8 Å². The molecule has 2 fully saturated rings. The maximum absolute atomic E-state index is 13.9. The van der Waals surface area contributed by atoms with Gasteiger partial charge in [0, 0.05) is 19.7 Å². The molecule has 3 aromatic rings. The highest BCUT2D eigenvalue weighted by atomic mass is 35.5. The molecule has 7 nitrogen and oxygen atoms in total. The highest BCUT2D eigenvalue weighted by Crippen LogP contribution is 2.35. The van der Waals surface area contributed by atoms with Crippen LogP contribution in [0.5, 0.6) is 0 Å². The molecule has 0 spiro atoms. The third-order valence-electron chi connectivity index (χ3n) is 6.59. The Morgan fingerprint density at radius 2 is 2.06 bits per heavy atom. The van der Waals surface area contributed by atoms with E-state index in [0.717, 1.165) is 45.5 Å². The number of thiophene rings is 1. The summed E-state index contributed by atoms with van der Waals surface area (Å²) in [5.74, 6) is -0.525. The van der Waals surface area contributed by atoms with Crippen molar-refractivity contribution in [3.05, 3.63) is 39.7 Å². The topological polar surface area (TPSA) is 79.8 Å². The molecule has 1 aromatic carbocycles. The van der Waals surface area contributed by atoms with Crippen molar-refractivity contribution in [2.75, 3.05) is 31.1 Å². The lowest BCUT2D eigenvalue weighted by Gasteiger charge is -2.34. The van der Waals surface area contributed by atoms with E-state index in [2.05, 4.69) is 13.0 Å². The Bertz CT molecular complexity index is 1350. The zero-order valence-corrected chi connectivity index (χ0v) is 22.9. The number of carbonyl (C=O) groups excluding carboxylic acids is 1. The van der Waals surface area contributed by atoms with Crippen LogP contribution in [0, 0.1) is 19.8 Å². The first kappa shape index (κ1) is 25.1.